The number of rotatable bonds is 5. The quantitative estimate of drug-likeness (QED) is 0.912. The highest BCUT2D eigenvalue weighted by Gasteiger charge is 2.14. The van der Waals surface area contributed by atoms with Crippen LogP contribution in [0, 0.1) is 18.7 Å². The molecule has 0 spiro atoms. The van der Waals surface area contributed by atoms with Crippen molar-refractivity contribution in [1.29, 1.82) is 0 Å². The van der Waals surface area contributed by atoms with Crippen LogP contribution in [0.5, 0.6) is 0 Å². The summed E-state index contributed by atoms with van der Waals surface area (Å²) >= 11 is 0. The maximum atomic E-state index is 13.4. The van der Waals surface area contributed by atoms with Crippen molar-refractivity contribution in [3.05, 3.63) is 35.5 Å². The lowest BCUT2D eigenvalue weighted by Crippen LogP contribution is -2.24. The minimum Gasteiger partial charge on any atom is -0.339 e. The van der Waals surface area contributed by atoms with Crippen LogP contribution < -0.4 is 5.73 Å². The molecule has 0 saturated carbocycles. The number of hydrogen-bond donors (Lipinski definition) is 1. The van der Waals surface area contributed by atoms with Gasteiger partial charge in [-0.1, -0.05) is 19.0 Å². The van der Waals surface area contributed by atoms with E-state index in [0.29, 0.717) is 29.6 Å². The van der Waals surface area contributed by atoms with Crippen molar-refractivity contribution in [3.8, 4) is 11.4 Å². The molecule has 0 bridgehead atoms. The van der Waals surface area contributed by atoms with E-state index in [0.717, 1.165) is 12.0 Å². The van der Waals surface area contributed by atoms with Gasteiger partial charge in [-0.3, -0.25) is 0 Å². The highest BCUT2D eigenvalue weighted by atomic mass is 19.1. The van der Waals surface area contributed by atoms with Gasteiger partial charge in [-0.05, 0) is 43.0 Å². The maximum Gasteiger partial charge on any atom is 0.228 e. The van der Waals surface area contributed by atoms with E-state index in [2.05, 4.69) is 24.0 Å². The fourth-order valence-electron chi connectivity index (χ4n) is 2.23. The van der Waals surface area contributed by atoms with Crippen molar-refractivity contribution >= 4 is 0 Å². The molecule has 108 valence electrons. The van der Waals surface area contributed by atoms with Gasteiger partial charge in [0, 0.05) is 18.0 Å². The third-order valence-electron chi connectivity index (χ3n) is 2.98. The van der Waals surface area contributed by atoms with Crippen molar-refractivity contribution < 1.29 is 8.91 Å². The molecule has 2 rings (SSSR count). The Bertz CT molecular complexity index is 560. The largest absolute Gasteiger partial charge is 0.339 e. The molecule has 0 radical (unpaired) electrons. The van der Waals surface area contributed by atoms with Crippen LogP contribution in [-0.2, 0) is 6.42 Å². The molecule has 2 N–H and O–H groups in total. The molecule has 4 nitrogen and oxygen atoms in total. The fraction of sp³-hybridized carbons (Fsp3) is 0.467. The van der Waals surface area contributed by atoms with Crippen LogP contribution in [0.15, 0.2) is 22.7 Å². The van der Waals surface area contributed by atoms with Crippen molar-refractivity contribution in [1.82, 2.24) is 10.1 Å². The van der Waals surface area contributed by atoms with Crippen molar-refractivity contribution in [2.75, 3.05) is 0 Å². The molecule has 0 aliphatic heterocycles. The predicted molar refractivity (Wildman–Crippen MR) is 75.6 cm³/mol. The van der Waals surface area contributed by atoms with Gasteiger partial charge in [-0.2, -0.15) is 4.98 Å². The first-order chi connectivity index (χ1) is 9.44. The third kappa shape index (κ3) is 3.87. The minimum absolute atomic E-state index is 0.00227. The molecular formula is C15H20FN3O. The van der Waals surface area contributed by atoms with E-state index in [9.17, 15) is 4.39 Å². The Labute approximate surface area is 118 Å². The van der Waals surface area contributed by atoms with E-state index in [-0.39, 0.29) is 11.9 Å². The van der Waals surface area contributed by atoms with Gasteiger partial charge in [0.05, 0.1) is 0 Å². The summed E-state index contributed by atoms with van der Waals surface area (Å²) in [6.45, 7) is 6.06. The summed E-state index contributed by atoms with van der Waals surface area (Å²) in [5.41, 5.74) is 7.46. The molecule has 1 unspecified atom stereocenters. The molecule has 1 aromatic heterocycles. The normalized spacial score (nSPS) is 12.9. The number of hydrogen-bond acceptors (Lipinski definition) is 4. The number of halogens is 1. The molecule has 1 heterocycles. The molecular weight excluding hydrogens is 257 g/mol. The SMILES string of the molecule is Cc1cc(F)cc(-c2noc(CC(N)CC(C)C)n2)c1. The topological polar surface area (TPSA) is 64.9 Å². The van der Waals surface area contributed by atoms with Gasteiger partial charge in [-0.15, -0.1) is 0 Å². The first-order valence-electron chi connectivity index (χ1n) is 6.79. The average molecular weight is 277 g/mol. The van der Waals surface area contributed by atoms with Crippen LogP contribution in [0.2, 0.25) is 0 Å². The fourth-order valence-corrected chi connectivity index (χ4v) is 2.23. The first-order valence-corrected chi connectivity index (χ1v) is 6.79. The van der Waals surface area contributed by atoms with Gasteiger partial charge in [0.15, 0.2) is 0 Å². The van der Waals surface area contributed by atoms with Crippen LogP contribution in [0.4, 0.5) is 4.39 Å². The van der Waals surface area contributed by atoms with Crippen molar-refractivity contribution in [2.45, 2.75) is 39.7 Å². The van der Waals surface area contributed by atoms with E-state index >= 15 is 0 Å². The van der Waals surface area contributed by atoms with Gasteiger partial charge in [-0.25, -0.2) is 4.39 Å². The molecule has 0 amide bonds. The Morgan fingerprint density at radius 1 is 1.30 bits per heavy atom. The summed E-state index contributed by atoms with van der Waals surface area (Å²) in [5.74, 6) is 1.12. The standard InChI is InChI=1S/C15H20FN3O/c1-9(2)4-13(17)8-14-18-15(19-20-14)11-5-10(3)6-12(16)7-11/h5-7,9,13H,4,8,17H2,1-3H3. The molecule has 0 aliphatic rings. The summed E-state index contributed by atoms with van der Waals surface area (Å²) in [5, 5.41) is 3.89. The zero-order valence-corrected chi connectivity index (χ0v) is 12.1. The van der Waals surface area contributed by atoms with Gasteiger partial charge < -0.3 is 10.3 Å². The second-order valence-electron chi connectivity index (χ2n) is 5.62. The lowest BCUT2D eigenvalue weighted by Gasteiger charge is -2.10. The van der Waals surface area contributed by atoms with Crippen LogP contribution >= 0.6 is 0 Å². The molecule has 0 saturated heterocycles. The zero-order chi connectivity index (χ0) is 14.7. The van der Waals surface area contributed by atoms with Gasteiger partial charge in [0.25, 0.3) is 0 Å². The predicted octanol–water partition coefficient (Wildman–Crippen LogP) is 3.10. The molecule has 0 aliphatic carbocycles. The maximum absolute atomic E-state index is 13.4. The second-order valence-corrected chi connectivity index (χ2v) is 5.62. The van der Waals surface area contributed by atoms with Gasteiger partial charge >= 0.3 is 0 Å². The smallest absolute Gasteiger partial charge is 0.228 e. The Morgan fingerprint density at radius 3 is 2.70 bits per heavy atom. The van der Waals surface area contributed by atoms with Crippen molar-refractivity contribution in [2.24, 2.45) is 11.7 Å². The lowest BCUT2D eigenvalue weighted by molar-refractivity contribution is 0.359. The molecule has 1 aromatic carbocycles. The summed E-state index contributed by atoms with van der Waals surface area (Å²) in [7, 11) is 0. The average Bonchev–Trinajstić information content (AvgIpc) is 2.74. The number of benzene rings is 1. The lowest BCUT2D eigenvalue weighted by atomic mass is 10.0. The molecule has 20 heavy (non-hydrogen) atoms. The summed E-state index contributed by atoms with van der Waals surface area (Å²) in [6, 6.07) is 4.68. The van der Waals surface area contributed by atoms with Gasteiger partial charge in [0.1, 0.15) is 5.82 Å². The van der Waals surface area contributed by atoms with Crippen LogP contribution in [0.3, 0.4) is 0 Å². The Morgan fingerprint density at radius 2 is 2.05 bits per heavy atom. The highest BCUT2D eigenvalue weighted by Crippen LogP contribution is 2.19. The Hall–Kier alpha value is -1.75. The number of aromatic nitrogens is 2. The number of aryl methyl sites for hydroxylation is 1. The van der Waals surface area contributed by atoms with E-state index in [1.165, 1.54) is 12.1 Å². The van der Waals surface area contributed by atoms with E-state index in [4.69, 9.17) is 10.3 Å². The van der Waals surface area contributed by atoms with E-state index in [1.54, 1.807) is 0 Å². The van der Waals surface area contributed by atoms with Crippen molar-refractivity contribution in [3.63, 3.8) is 0 Å². The Kier molecular flexibility index (Phi) is 4.49. The molecule has 5 heteroatoms. The third-order valence-corrected chi connectivity index (χ3v) is 2.98. The van der Waals surface area contributed by atoms with Crippen LogP contribution in [0.1, 0.15) is 31.7 Å². The summed E-state index contributed by atoms with van der Waals surface area (Å²) < 4.78 is 18.6. The Balaban J connectivity index is 2.12. The highest BCUT2D eigenvalue weighted by molar-refractivity contribution is 5.55. The zero-order valence-electron chi connectivity index (χ0n) is 12.1. The summed E-state index contributed by atoms with van der Waals surface area (Å²) in [4.78, 5) is 4.29. The molecule has 2 aromatic rings. The summed E-state index contributed by atoms with van der Waals surface area (Å²) in [6.07, 6.45) is 1.44. The van der Waals surface area contributed by atoms with Crippen LogP contribution in [0.25, 0.3) is 11.4 Å². The van der Waals surface area contributed by atoms with E-state index < -0.39 is 0 Å². The first kappa shape index (κ1) is 14.7. The number of nitrogens with zero attached hydrogens (tertiary/aromatic N) is 2. The molecule has 1 atom stereocenters. The minimum atomic E-state index is -0.303. The molecule has 0 fully saturated rings. The van der Waals surface area contributed by atoms with E-state index in [1.807, 2.05) is 13.0 Å². The van der Waals surface area contributed by atoms with Gasteiger partial charge in [0.2, 0.25) is 11.7 Å². The second kappa shape index (κ2) is 6.13. The van der Waals surface area contributed by atoms with Crippen LogP contribution in [-0.4, -0.2) is 16.2 Å². The monoisotopic (exact) mass is 277 g/mol. The number of nitrogens with two attached hydrogens (primary N) is 1.